The lowest BCUT2D eigenvalue weighted by molar-refractivity contribution is 0.977. The van der Waals surface area contributed by atoms with Gasteiger partial charge in [-0.1, -0.05) is 0 Å². The molecule has 13 heavy (non-hydrogen) atoms. The van der Waals surface area contributed by atoms with Crippen LogP contribution in [0.5, 0.6) is 0 Å². The van der Waals surface area contributed by atoms with Crippen LogP contribution in [-0.2, 0) is 0 Å². The van der Waals surface area contributed by atoms with Crippen molar-refractivity contribution in [2.75, 3.05) is 0 Å². The Balaban J connectivity index is 2.53. The molecule has 2 aromatic rings. The summed E-state index contributed by atoms with van der Waals surface area (Å²) in [5, 5.41) is 0. The van der Waals surface area contributed by atoms with Gasteiger partial charge in [0.15, 0.2) is 4.73 Å². The normalized spacial score (nSPS) is 10.3. The topological polar surface area (TPSA) is 43.6 Å². The summed E-state index contributed by atoms with van der Waals surface area (Å²) in [6.45, 7) is 0. The summed E-state index contributed by atoms with van der Waals surface area (Å²) in [5.41, 5.74) is 0.868. The second-order valence-electron chi connectivity index (χ2n) is 2.30. The van der Waals surface area contributed by atoms with E-state index >= 15 is 0 Å². The summed E-state index contributed by atoms with van der Waals surface area (Å²) in [7, 11) is 0. The molecule has 0 saturated carbocycles. The van der Waals surface area contributed by atoms with E-state index in [-0.39, 0.29) is 0 Å². The highest BCUT2D eigenvalue weighted by Gasteiger charge is 2.04. The third-order valence-corrected chi connectivity index (χ3v) is 2.40. The van der Waals surface area contributed by atoms with Crippen LogP contribution < -0.4 is 0 Å². The maximum atomic E-state index is 4.13. The average molecular weight is 304 g/mol. The molecule has 0 unspecified atom stereocenters. The Bertz CT molecular complexity index is 412. The fraction of sp³-hybridized carbons (Fsp3) is 0. The molecular formula is C7H4Br2N4. The van der Waals surface area contributed by atoms with E-state index in [0.29, 0.717) is 4.73 Å². The predicted octanol–water partition coefficient (Wildman–Crippen LogP) is 2.19. The van der Waals surface area contributed by atoms with Gasteiger partial charge in [0.25, 0.3) is 0 Å². The first kappa shape index (κ1) is 8.83. The number of aromatic nitrogens is 4. The van der Waals surface area contributed by atoms with Crippen molar-refractivity contribution in [3.05, 3.63) is 34.3 Å². The van der Waals surface area contributed by atoms with Gasteiger partial charge >= 0.3 is 0 Å². The lowest BCUT2D eigenvalue weighted by Crippen LogP contribution is -1.93. The molecule has 0 aliphatic rings. The molecule has 2 aromatic heterocycles. The number of halogens is 2. The van der Waals surface area contributed by atoms with Gasteiger partial charge in [-0.15, -0.1) is 0 Å². The van der Waals surface area contributed by atoms with Gasteiger partial charge in [0, 0.05) is 6.20 Å². The molecule has 0 N–H and O–H groups in total. The SMILES string of the molecule is Brc1cn(-c2cncnc2)c(Br)n1. The highest BCUT2D eigenvalue weighted by molar-refractivity contribution is 9.11. The fourth-order valence-corrected chi connectivity index (χ4v) is 2.04. The Morgan fingerprint density at radius 1 is 1.15 bits per heavy atom. The molecule has 0 spiro atoms. The van der Waals surface area contributed by atoms with Gasteiger partial charge in [0.05, 0.1) is 18.1 Å². The summed E-state index contributed by atoms with van der Waals surface area (Å²) in [6, 6.07) is 0. The van der Waals surface area contributed by atoms with Crippen molar-refractivity contribution in [2.45, 2.75) is 0 Å². The first-order chi connectivity index (χ1) is 6.27. The van der Waals surface area contributed by atoms with E-state index in [0.717, 1.165) is 10.3 Å². The molecule has 0 aliphatic heterocycles. The Kier molecular flexibility index (Phi) is 2.41. The minimum atomic E-state index is 0.717. The van der Waals surface area contributed by atoms with Crippen molar-refractivity contribution in [2.24, 2.45) is 0 Å². The summed E-state index contributed by atoms with van der Waals surface area (Å²) in [4.78, 5) is 12.0. The number of imidazole rings is 1. The highest BCUT2D eigenvalue weighted by atomic mass is 79.9. The Morgan fingerprint density at radius 3 is 2.38 bits per heavy atom. The van der Waals surface area contributed by atoms with Gasteiger partial charge in [-0.25, -0.2) is 15.0 Å². The van der Waals surface area contributed by atoms with Crippen LogP contribution in [0.4, 0.5) is 0 Å². The van der Waals surface area contributed by atoms with Gasteiger partial charge in [0.2, 0.25) is 0 Å². The van der Waals surface area contributed by atoms with Crippen LogP contribution in [0.3, 0.4) is 0 Å². The first-order valence-electron chi connectivity index (χ1n) is 3.43. The Hall–Kier alpha value is -0.750. The van der Waals surface area contributed by atoms with Gasteiger partial charge in [-0.05, 0) is 31.9 Å². The van der Waals surface area contributed by atoms with Crippen LogP contribution in [0.2, 0.25) is 0 Å². The predicted molar refractivity (Wildman–Crippen MR) is 54.6 cm³/mol. The second kappa shape index (κ2) is 3.55. The van der Waals surface area contributed by atoms with E-state index in [4.69, 9.17) is 0 Å². The van der Waals surface area contributed by atoms with Crippen molar-refractivity contribution in [1.82, 2.24) is 19.5 Å². The summed E-state index contributed by atoms with van der Waals surface area (Å²) >= 11 is 6.60. The van der Waals surface area contributed by atoms with Crippen LogP contribution in [0, 0.1) is 0 Å². The molecule has 0 bridgehead atoms. The smallest absolute Gasteiger partial charge is 0.182 e. The van der Waals surface area contributed by atoms with E-state index in [2.05, 4.69) is 46.8 Å². The van der Waals surface area contributed by atoms with Crippen molar-refractivity contribution in [3.63, 3.8) is 0 Å². The van der Waals surface area contributed by atoms with Crippen molar-refractivity contribution in [1.29, 1.82) is 0 Å². The molecule has 0 aromatic carbocycles. The van der Waals surface area contributed by atoms with E-state index in [9.17, 15) is 0 Å². The molecule has 0 saturated heterocycles. The standard InChI is InChI=1S/C7H4Br2N4/c8-6-3-13(7(9)12-6)5-1-10-4-11-2-5/h1-4H. The van der Waals surface area contributed by atoms with Gasteiger partial charge < -0.3 is 0 Å². The zero-order chi connectivity index (χ0) is 9.26. The maximum Gasteiger partial charge on any atom is 0.182 e. The molecule has 66 valence electrons. The molecule has 0 atom stereocenters. The number of rotatable bonds is 1. The van der Waals surface area contributed by atoms with E-state index in [1.807, 2.05) is 10.8 Å². The summed E-state index contributed by atoms with van der Waals surface area (Å²) < 4.78 is 3.32. The van der Waals surface area contributed by atoms with E-state index in [1.54, 1.807) is 12.4 Å². The second-order valence-corrected chi connectivity index (χ2v) is 3.82. The zero-order valence-corrected chi connectivity index (χ0v) is 9.53. The molecule has 4 nitrogen and oxygen atoms in total. The third-order valence-electron chi connectivity index (χ3n) is 1.46. The average Bonchev–Trinajstić information content (AvgIpc) is 2.47. The van der Waals surface area contributed by atoms with E-state index in [1.165, 1.54) is 6.33 Å². The minimum Gasteiger partial charge on any atom is -0.290 e. The molecule has 0 fully saturated rings. The third kappa shape index (κ3) is 1.78. The van der Waals surface area contributed by atoms with Crippen LogP contribution in [-0.4, -0.2) is 19.5 Å². The molecule has 2 heterocycles. The molecule has 0 amide bonds. The van der Waals surface area contributed by atoms with Crippen LogP contribution >= 0.6 is 31.9 Å². The van der Waals surface area contributed by atoms with Crippen molar-refractivity contribution in [3.8, 4) is 5.69 Å². The maximum absolute atomic E-state index is 4.13. The summed E-state index contributed by atoms with van der Waals surface area (Å²) in [6.07, 6.45) is 6.75. The quantitative estimate of drug-likeness (QED) is 0.811. The zero-order valence-electron chi connectivity index (χ0n) is 6.35. The lowest BCUT2D eigenvalue weighted by atomic mass is 10.5. The molecule has 0 aliphatic carbocycles. The van der Waals surface area contributed by atoms with Crippen LogP contribution in [0.1, 0.15) is 0 Å². The van der Waals surface area contributed by atoms with E-state index < -0.39 is 0 Å². The van der Waals surface area contributed by atoms with Crippen LogP contribution in [0.15, 0.2) is 34.3 Å². The Labute approximate surface area is 91.3 Å². The fourth-order valence-electron chi connectivity index (χ4n) is 0.927. The van der Waals surface area contributed by atoms with Gasteiger partial charge in [0.1, 0.15) is 10.9 Å². The van der Waals surface area contributed by atoms with Crippen molar-refractivity contribution < 1.29 is 0 Å². The van der Waals surface area contributed by atoms with Crippen LogP contribution in [0.25, 0.3) is 5.69 Å². The molecule has 6 heteroatoms. The van der Waals surface area contributed by atoms with Crippen molar-refractivity contribution >= 4 is 31.9 Å². The first-order valence-corrected chi connectivity index (χ1v) is 5.02. The molecule has 2 rings (SSSR count). The number of nitrogens with zero attached hydrogens (tertiary/aromatic N) is 4. The monoisotopic (exact) mass is 302 g/mol. The van der Waals surface area contributed by atoms with Gasteiger partial charge in [-0.3, -0.25) is 4.57 Å². The largest absolute Gasteiger partial charge is 0.290 e. The molecular weight excluding hydrogens is 300 g/mol. The van der Waals surface area contributed by atoms with Gasteiger partial charge in [-0.2, -0.15) is 0 Å². The number of hydrogen-bond acceptors (Lipinski definition) is 3. The minimum absolute atomic E-state index is 0.717. The summed E-state index contributed by atoms with van der Waals surface area (Å²) in [5.74, 6) is 0. The number of hydrogen-bond donors (Lipinski definition) is 0. The lowest BCUT2D eigenvalue weighted by Gasteiger charge is -2.00. The highest BCUT2D eigenvalue weighted by Crippen LogP contribution is 2.18. The molecule has 0 radical (unpaired) electrons. The Morgan fingerprint density at radius 2 is 1.85 bits per heavy atom.